The second-order valence-corrected chi connectivity index (χ2v) is 4.88. The molecule has 4 nitrogen and oxygen atoms in total. The van der Waals surface area contributed by atoms with Gasteiger partial charge in [-0.3, -0.25) is 0 Å². The second-order valence-electron chi connectivity index (χ2n) is 4.88. The monoisotopic (exact) mass is 254 g/mol. The Morgan fingerprint density at radius 3 is 2.32 bits per heavy atom. The minimum absolute atomic E-state index is 0.930. The third-order valence-corrected chi connectivity index (χ3v) is 3.44. The summed E-state index contributed by atoms with van der Waals surface area (Å²) in [6.07, 6.45) is 0. The molecule has 4 heteroatoms. The summed E-state index contributed by atoms with van der Waals surface area (Å²) in [4.78, 5) is 2.27. The third kappa shape index (κ3) is 2.74. The molecule has 98 valence electrons. The van der Waals surface area contributed by atoms with Gasteiger partial charge in [0.15, 0.2) is 5.82 Å². The van der Waals surface area contributed by atoms with Crippen molar-refractivity contribution in [1.82, 2.24) is 15.5 Å². The Balaban J connectivity index is 1.80. The second kappa shape index (κ2) is 5.36. The van der Waals surface area contributed by atoms with Crippen LogP contribution in [0.25, 0.3) is 11.3 Å². The Kier molecular flexibility index (Phi) is 3.42. The minimum atomic E-state index is 0.930. The van der Waals surface area contributed by atoms with Gasteiger partial charge in [0.05, 0.1) is 5.69 Å². The lowest BCUT2D eigenvalue weighted by molar-refractivity contribution is 0.583. The van der Waals surface area contributed by atoms with Crippen LogP contribution in [0.2, 0.25) is 0 Å². The third-order valence-electron chi connectivity index (χ3n) is 3.44. The van der Waals surface area contributed by atoms with Crippen molar-refractivity contribution >= 4 is 5.82 Å². The van der Waals surface area contributed by atoms with E-state index in [0.29, 0.717) is 0 Å². The van der Waals surface area contributed by atoms with Crippen LogP contribution < -0.4 is 10.2 Å². The SMILES string of the molecule is Cc1ccc(-c2ccc(N3CCNCC3)nn2)cc1. The number of rotatable bonds is 2. The van der Waals surface area contributed by atoms with Gasteiger partial charge in [-0.1, -0.05) is 29.8 Å². The molecule has 1 aromatic heterocycles. The molecule has 0 amide bonds. The molecule has 19 heavy (non-hydrogen) atoms. The Morgan fingerprint density at radius 1 is 0.947 bits per heavy atom. The highest BCUT2D eigenvalue weighted by Gasteiger charge is 2.12. The molecule has 0 saturated carbocycles. The molecule has 0 bridgehead atoms. The molecule has 3 rings (SSSR count). The fourth-order valence-corrected chi connectivity index (χ4v) is 2.27. The molecule has 1 aliphatic heterocycles. The number of anilines is 1. The molecule has 0 atom stereocenters. The number of aryl methyl sites for hydroxylation is 1. The molecule has 2 aromatic rings. The van der Waals surface area contributed by atoms with E-state index in [0.717, 1.165) is 43.3 Å². The number of piperazine rings is 1. The van der Waals surface area contributed by atoms with Crippen molar-refractivity contribution in [3.63, 3.8) is 0 Å². The summed E-state index contributed by atoms with van der Waals surface area (Å²) in [6, 6.07) is 12.5. The summed E-state index contributed by atoms with van der Waals surface area (Å²) in [5, 5.41) is 12.0. The average molecular weight is 254 g/mol. The first-order valence-corrected chi connectivity index (χ1v) is 6.69. The van der Waals surface area contributed by atoms with E-state index in [2.05, 4.69) is 63.7 Å². The van der Waals surface area contributed by atoms with Gasteiger partial charge in [0.1, 0.15) is 0 Å². The zero-order valence-corrected chi connectivity index (χ0v) is 11.1. The van der Waals surface area contributed by atoms with Crippen LogP contribution in [0.4, 0.5) is 5.82 Å². The maximum atomic E-state index is 4.35. The summed E-state index contributed by atoms with van der Waals surface area (Å²) in [5.74, 6) is 0.970. The Hall–Kier alpha value is -1.94. The lowest BCUT2D eigenvalue weighted by atomic mass is 10.1. The highest BCUT2D eigenvalue weighted by Crippen LogP contribution is 2.19. The van der Waals surface area contributed by atoms with Gasteiger partial charge in [-0.15, -0.1) is 10.2 Å². The van der Waals surface area contributed by atoms with E-state index in [1.807, 2.05) is 0 Å². The van der Waals surface area contributed by atoms with Crippen molar-refractivity contribution < 1.29 is 0 Å². The maximum absolute atomic E-state index is 4.35. The molecule has 0 spiro atoms. The predicted octanol–water partition coefficient (Wildman–Crippen LogP) is 1.86. The van der Waals surface area contributed by atoms with Crippen molar-refractivity contribution in [3.8, 4) is 11.3 Å². The number of aromatic nitrogens is 2. The van der Waals surface area contributed by atoms with E-state index in [1.165, 1.54) is 5.56 Å². The normalized spacial score (nSPS) is 15.5. The molecule has 0 radical (unpaired) electrons. The molecule has 1 aromatic carbocycles. The molecule has 1 N–H and O–H groups in total. The van der Waals surface area contributed by atoms with Crippen molar-refractivity contribution in [2.75, 3.05) is 31.1 Å². The molecular weight excluding hydrogens is 236 g/mol. The molecule has 2 heterocycles. The van der Waals surface area contributed by atoms with Crippen molar-refractivity contribution in [2.45, 2.75) is 6.92 Å². The summed E-state index contributed by atoms with van der Waals surface area (Å²) in [5.41, 5.74) is 3.30. The smallest absolute Gasteiger partial charge is 0.151 e. The number of nitrogens with one attached hydrogen (secondary N) is 1. The maximum Gasteiger partial charge on any atom is 0.151 e. The predicted molar refractivity (Wildman–Crippen MR) is 77.3 cm³/mol. The van der Waals surface area contributed by atoms with E-state index in [9.17, 15) is 0 Å². The van der Waals surface area contributed by atoms with E-state index in [1.54, 1.807) is 0 Å². The number of benzene rings is 1. The summed E-state index contributed by atoms with van der Waals surface area (Å²) in [7, 11) is 0. The lowest BCUT2D eigenvalue weighted by Crippen LogP contribution is -2.43. The zero-order valence-electron chi connectivity index (χ0n) is 11.1. The first kappa shape index (κ1) is 12.1. The van der Waals surface area contributed by atoms with Crippen LogP contribution in [-0.4, -0.2) is 36.4 Å². The van der Waals surface area contributed by atoms with E-state index < -0.39 is 0 Å². The highest BCUT2D eigenvalue weighted by molar-refractivity contribution is 5.60. The fraction of sp³-hybridized carbons (Fsp3) is 0.333. The fourth-order valence-electron chi connectivity index (χ4n) is 2.27. The number of hydrogen-bond acceptors (Lipinski definition) is 4. The van der Waals surface area contributed by atoms with Gasteiger partial charge >= 0.3 is 0 Å². The summed E-state index contributed by atoms with van der Waals surface area (Å²) in [6.45, 7) is 6.11. The molecule has 1 saturated heterocycles. The van der Waals surface area contributed by atoms with Crippen LogP contribution in [0.5, 0.6) is 0 Å². The molecule has 1 fully saturated rings. The Labute approximate surface area is 113 Å². The number of hydrogen-bond donors (Lipinski definition) is 1. The van der Waals surface area contributed by atoms with Crippen LogP contribution in [-0.2, 0) is 0 Å². The van der Waals surface area contributed by atoms with E-state index in [-0.39, 0.29) is 0 Å². The summed E-state index contributed by atoms with van der Waals surface area (Å²) < 4.78 is 0. The van der Waals surface area contributed by atoms with Crippen LogP contribution in [0.15, 0.2) is 36.4 Å². The summed E-state index contributed by atoms with van der Waals surface area (Å²) >= 11 is 0. The van der Waals surface area contributed by atoms with E-state index in [4.69, 9.17) is 0 Å². The Morgan fingerprint density at radius 2 is 1.68 bits per heavy atom. The van der Waals surface area contributed by atoms with Gasteiger partial charge in [-0.05, 0) is 19.1 Å². The zero-order chi connectivity index (χ0) is 13.1. The van der Waals surface area contributed by atoms with Gasteiger partial charge in [0.2, 0.25) is 0 Å². The lowest BCUT2D eigenvalue weighted by Gasteiger charge is -2.27. The molecular formula is C15H18N4. The van der Waals surface area contributed by atoms with Gasteiger partial charge in [0, 0.05) is 31.7 Å². The van der Waals surface area contributed by atoms with Gasteiger partial charge in [-0.25, -0.2) is 0 Å². The van der Waals surface area contributed by atoms with E-state index >= 15 is 0 Å². The van der Waals surface area contributed by atoms with Crippen LogP contribution in [0.3, 0.4) is 0 Å². The molecule has 0 aliphatic carbocycles. The number of nitrogens with zero attached hydrogens (tertiary/aromatic N) is 3. The van der Waals surface area contributed by atoms with Crippen molar-refractivity contribution in [3.05, 3.63) is 42.0 Å². The first-order valence-electron chi connectivity index (χ1n) is 6.69. The van der Waals surface area contributed by atoms with Crippen LogP contribution in [0.1, 0.15) is 5.56 Å². The quantitative estimate of drug-likeness (QED) is 0.888. The van der Waals surface area contributed by atoms with Crippen molar-refractivity contribution in [2.24, 2.45) is 0 Å². The Bertz CT molecular complexity index is 527. The topological polar surface area (TPSA) is 41.0 Å². The van der Waals surface area contributed by atoms with Gasteiger partial charge < -0.3 is 10.2 Å². The molecule has 0 unspecified atom stereocenters. The van der Waals surface area contributed by atoms with Gasteiger partial charge in [0.25, 0.3) is 0 Å². The van der Waals surface area contributed by atoms with Crippen LogP contribution in [0, 0.1) is 6.92 Å². The van der Waals surface area contributed by atoms with Crippen molar-refractivity contribution in [1.29, 1.82) is 0 Å². The van der Waals surface area contributed by atoms with Crippen LogP contribution >= 0.6 is 0 Å². The minimum Gasteiger partial charge on any atom is -0.353 e. The first-order chi connectivity index (χ1) is 9.33. The molecule has 1 aliphatic rings. The largest absolute Gasteiger partial charge is 0.353 e. The standard InChI is InChI=1S/C15H18N4/c1-12-2-4-13(5-3-12)14-6-7-15(18-17-14)19-10-8-16-9-11-19/h2-7,16H,8-11H2,1H3. The highest BCUT2D eigenvalue weighted by atomic mass is 15.3. The average Bonchev–Trinajstić information content (AvgIpc) is 2.49. The van der Waals surface area contributed by atoms with Gasteiger partial charge in [-0.2, -0.15) is 0 Å².